The van der Waals surface area contributed by atoms with Crippen LogP contribution in [0.2, 0.25) is 0 Å². The number of allylic oxidation sites excluding steroid dienone is 1. The van der Waals surface area contributed by atoms with Crippen LogP contribution in [-0.4, -0.2) is 29.7 Å². The quantitative estimate of drug-likeness (QED) is 0.461. The molecule has 5 heteroatoms. The van der Waals surface area contributed by atoms with Gasteiger partial charge >= 0.3 is 6.09 Å². The first kappa shape index (κ1) is 15.0. The number of amides is 1. The molecule has 0 saturated carbocycles. The van der Waals surface area contributed by atoms with E-state index in [0.29, 0.717) is 11.7 Å². The molecule has 4 nitrogen and oxygen atoms in total. The maximum Gasteiger partial charge on any atom is 0.413 e. The van der Waals surface area contributed by atoms with Gasteiger partial charge in [-0.15, -0.1) is 0 Å². The van der Waals surface area contributed by atoms with Crippen molar-refractivity contribution in [3.8, 4) is 0 Å². The molecule has 1 N–H and O–H groups in total. The van der Waals surface area contributed by atoms with Crippen LogP contribution in [0.4, 0.5) is 4.79 Å². The van der Waals surface area contributed by atoms with Crippen molar-refractivity contribution in [3.05, 3.63) is 12.2 Å². The van der Waals surface area contributed by atoms with Crippen molar-refractivity contribution < 1.29 is 9.53 Å². The summed E-state index contributed by atoms with van der Waals surface area (Å²) in [5, 5.41) is 3.16. The van der Waals surface area contributed by atoms with Gasteiger partial charge in [-0.25, -0.2) is 4.79 Å². The van der Waals surface area contributed by atoms with Gasteiger partial charge in [0, 0.05) is 0 Å². The molecule has 0 spiro atoms. The summed E-state index contributed by atoms with van der Waals surface area (Å²) < 4.78 is 5.11. The average molecular weight is 244 g/mol. The average Bonchev–Trinajstić information content (AvgIpc) is 2.13. The first-order chi connectivity index (χ1) is 7.39. The molecule has 0 atom stereocenters. The van der Waals surface area contributed by atoms with E-state index in [1.54, 1.807) is 0 Å². The van der Waals surface area contributed by atoms with Crippen molar-refractivity contribution >= 4 is 23.0 Å². The van der Waals surface area contributed by atoms with Gasteiger partial charge in [-0.1, -0.05) is 23.9 Å². The van der Waals surface area contributed by atoms with Gasteiger partial charge in [-0.2, -0.15) is 0 Å². The van der Waals surface area contributed by atoms with Crippen LogP contribution in [0.5, 0.6) is 0 Å². The number of alkyl carbamates (subject to hydrolysis) is 1. The Labute approximate surface area is 102 Å². The third kappa shape index (κ3) is 8.35. The lowest BCUT2D eigenvalue weighted by molar-refractivity contribution is 0.0564. The second-order valence-corrected chi connectivity index (χ2v) is 4.84. The number of nitrogens with one attached hydrogen (secondary N) is 1. The van der Waals surface area contributed by atoms with Crippen molar-refractivity contribution in [2.45, 2.75) is 33.3 Å². The predicted molar refractivity (Wildman–Crippen MR) is 70.0 cm³/mol. The number of amidine groups is 1. The van der Waals surface area contributed by atoms with E-state index in [1.807, 2.05) is 46.1 Å². The largest absolute Gasteiger partial charge is 0.444 e. The van der Waals surface area contributed by atoms with E-state index in [-0.39, 0.29) is 0 Å². The van der Waals surface area contributed by atoms with E-state index >= 15 is 0 Å². The van der Waals surface area contributed by atoms with Crippen LogP contribution in [-0.2, 0) is 4.74 Å². The molecule has 0 aromatic heterocycles. The molecule has 0 bridgehead atoms. The van der Waals surface area contributed by atoms with E-state index in [0.717, 1.165) is 0 Å². The molecule has 0 aliphatic carbocycles. The maximum absolute atomic E-state index is 11.4. The molecule has 0 rings (SSSR count). The fourth-order valence-corrected chi connectivity index (χ4v) is 1.18. The lowest BCUT2D eigenvalue weighted by Crippen LogP contribution is -2.35. The van der Waals surface area contributed by atoms with E-state index in [1.165, 1.54) is 11.8 Å². The van der Waals surface area contributed by atoms with Crippen molar-refractivity contribution in [1.29, 1.82) is 0 Å². The van der Waals surface area contributed by atoms with Crippen molar-refractivity contribution in [2.75, 3.05) is 12.8 Å². The minimum atomic E-state index is -0.489. The fourth-order valence-electron chi connectivity index (χ4n) is 0.787. The highest BCUT2D eigenvalue weighted by Gasteiger charge is 2.16. The third-order valence-electron chi connectivity index (χ3n) is 1.38. The second-order valence-electron chi connectivity index (χ2n) is 4.05. The Hall–Kier alpha value is -0.970. The van der Waals surface area contributed by atoms with Crippen molar-refractivity contribution in [3.63, 3.8) is 0 Å². The Bertz CT molecular complexity index is 280. The molecule has 0 aromatic carbocycles. The Kier molecular flexibility index (Phi) is 6.88. The number of carbonyl (C=O) groups excluding carboxylic acids is 1. The van der Waals surface area contributed by atoms with Gasteiger partial charge in [0.25, 0.3) is 0 Å². The number of hydrogen-bond acceptors (Lipinski definition) is 4. The summed E-state index contributed by atoms with van der Waals surface area (Å²) in [4.78, 5) is 15.6. The minimum Gasteiger partial charge on any atom is -0.444 e. The molecule has 0 unspecified atom stereocenters. The monoisotopic (exact) mass is 244 g/mol. The lowest BCUT2D eigenvalue weighted by Gasteiger charge is -2.19. The van der Waals surface area contributed by atoms with Crippen molar-refractivity contribution in [2.24, 2.45) is 4.99 Å². The molecule has 92 valence electrons. The fraction of sp³-hybridized carbons (Fsp3) is 0.636. The number of rotatable bonds is 2. The third-order valence-corrected chi connectivity index (χ3v) is 2.00. The number of nitrogens with zero attached hydrogens (tertiary/aromatic N) is 1. The van der Waals surface area contributed by atoms with Gasteiger partial charge in [-0.3, -0.25) is 10.3 Å². The topological polar surface area (TPSA) is 50.7 Å². The van der Waals surface area contributed by atoms with E-state index in [9.17, 15) is 4.79 Å². The van der Waals surface area contributed by atoms with Gasteiger partial charge in [0.1, 0.15) is 5.60 Å². The number of aliphatic imine (C=N–C) groups is 1. The van der Waals surface area contributed by atoms with Crippen LogP contribution in [0.25, 0.3) is 0 Å². The summed E-state index contributed by atoms with van der Waals surface area (Å²) in [7, 11) is 0. The van der Waals surface area contributed by atoms with Crippen LogP contribution in [0, 0.1) is 0 Å². The summed E-state index contributed by atoms with van der Waals surface area (Å²) in [6.45, 7) is 7.95. The molecular formula is C11H20N2O2S. The first-order valence-corrected chi connectivity index (χ1v) is 6.31. The van der Waals surface area contributed by atoms with Gasteiger partial charge in [0.05, 0.1) is 6.54 Å². The van der Waals surface area contributed by atoms with E-state index < -0.39 is 11.7 Å². The van der Waals surface area contributed by atoms with Gasteiger partial charge in [0.15, 0.2) is 5.17 Å². The number of ether oxygens (including phenoxy) is 1. The van der Waals surface area contributed by atoms with Gasteiger partial charge < -0.3 is 4.74 Å². The van der Waals surface area contributed by atoms with E-state index in [4.69, 9.17) is 4.74 Å². The summed E-state index contributed by atoms with van der Waals surface area (Å²) in [6.07, 6.45) is 5.20. The van der Waals surface area contributed by atoms with Gasteiger partial charge in [0.2, 0.25) is 0 Å². The summed E-state index contributed by atoms with van der Waals surface area (Å²) in [5.41, 5.74) is -0.489. The minimum absolute atomic E-state index is 0.471. The molecule has 0 fully saturated rings. The highest BCUT2D eigenvalue weighted by atomic mass is 32.2. The number of thioether (sulfide) groups is 1. The van der Waals surface area contributed by atoms with E-state index in [2.05, 4.69) is 10.3 Å². The SMILES string of the molecule is CC=CCN=C(NC(=O)OC(C)(C)C)SC. The van der Waals surface area contributed by atoms with Gasteiger partial charge in [-0.05, 0) is 34.0 Å². The molecule has 0 aliphatic heterocycles. The van der Waals surface area contributed by atoms with Crippen LogP contribution >= 0.6 is 11.8 Å². The molecule has 0 radical (unpaired) electrons. The Balaban J connectivity index is 4.22. The zero-order valence-electron chi connectivity index (χ0n) is 10.5. The summed E-state index contributed by atoms with van der Waals surface area (Å²) in [6, 6.07) is 0. The number of hydrogen-bond donors (Lipinski definition) is 1. The second kappa shape index (κ2) is 7.33. The van der Waals surface area contributed by atoms with Crippen molar-refractivity contribution in [1.82, 2.24) is 5.32 Å². The standard InChI is InChI=1S/C11H20N2O2S/c1-6-7-8-12-9(16-5)13-10(14)15-11(2,3)4/h6-7H,8H2,1-5H3,(H,12,13,14). The smallest absolute Gasteiger partial charge is 0.413 e. The van der Waals surface area contributed by atoms with Crippen LogP contribution in [0.3, 0.4) is 0 Å². The van der Waals surface area contributed by atoms with Crippen LogP contribution < -0.4 is 5.32 Å². The summed E-state index contributed by atoms with van der Waals surface area (Å²) in [5.74, 6) is 0. The first-order valence-electron chi connectivity index (χ1n) is 5.08. The summed E-state index contributed by atoms with van der Waals surface area (Å²) >= 11 is 1.38. The number of carbonyl (C=O) groups is 1. The highest BCUT2D eigenvalue weighted by molar-refractivity contribution is 8.13. The van der Waals surface area contributed by atoms with Crippen LogP contribution in [0.15, 0.2) is 17.1 Å². The normalized spacial score (nSPS) is 12.9. The Morgan fingerprint density at radius 1 is 1.50 bits per heavy atom. The Morgan fingerprint density at radius 3 is 2.56 bits per heavy atom. The lowest BCUT2D eigenvalue weighted by atomic mass is 10.2. The molecule has 0 saturated heterocycles. The zero-order chi connectivity index (χ0) is 12.6. The predicted octanol–water partition coefficient (Wildman–Crippen LogP) is 2.81. The maximum atomic E-state index is 11.4. The molecule has 0 heterocycles. The zero-order valence-corrected chi connectivity index (χ0v) is 11.4. The highest BCUT2D eigenvalue weighted by Crippen LogP contribution is 2.07. The van der Waals surface area contributed by atoms with Crippen LogP contribution in [0.1, 0.15) is 27.7 Å². The molecular weight excluding hydrogens is 224 g/mol. The molecule has 0 aromatic rings. The molecule has 16 heavy (non-hydrogen) atoms. The molecule has 1 amide bonds. The Morgan fingerprint density at radius 2 is 2.12 bits per heavy atom. The molecule has 0 aliphatic rings.